The highest BCUT2D eigenvalue weighted by molar-refractivity contribution is 4.59. The summed E-state index contributed by atoms with van der Waals surface area (Å²) in [6, 6.07) is 0. The molecule has 1 atom stereocenters. The van der Waals surface area contributed by atoms with Crippen molar-refractivity contribution in [1.82, 2.24) is 0 Å². The molecule has 0 aromatic rings. The van der Waals surface area contributed by atoms with E-state index < -0.39 is 6.29 Å². The third-order valence-corrected chi connectivity index (χ3v) is 4.80. The standard InChI is InChI=1S/C20H42O3/c1-2-3-4-5-9-12-15-19(18-21)16-13-10-7-6-8-11-14-17-20(22)23/h19-23H,2-18H2,1H3. The second-order valence-corrected chi connectivity index (χ2v) is 7.14. The van der Waals surface area contributed by atoms with E-state index in [0.29, 0.717) is 18.9 Å². The molecule has 0 bridgehead atoms. The lowest BCUT2D eigenvalue weighted by Gasteiger charge is -2.13. The fraction of sp³-hybridized carbons (Fsp3) is 1.00. The van der Waals surface area contributed by atoms with Gasteiger partial charge in [-0.1, -0.05) is 84.0 Å². The summed E-state index contributed by atoms with van der Waals surface area (Å²) in [6.07, 6.45) is 18.1. The van der Waals surface area contributed by atoms with Gasteiger partial charge >= 0.3 is 0 Å². The van der Waals surface area contributed by atoms with Crippen LogP contribution in [0.25, 0.3) is 0 Å². The molecule has 23 heavy (non-hydrogen) atoms. The van der Waals surface area contributed by atoms with Crippen LogP contribution < -0.4 is 0 Å². The predicted molar refractivity (Wildman–Crippen MR) is 98.3 cm³/mol. The first-order chi connectivity index (χ1) is 11.2. The quantitative estimate of drug-likeness (QED) is 0.240. The first-order valence-corrected chi connectivity index (χ1v) is 10.2. The molecule has 0 aliphatic rings. The molecule has 0 radical (unpaired) electrons. The van der Waals surface area contributed by atoms with Crippen molar-refractivity contribution in [2.75, 3.05) is 6.61 Å². The predicted octanol–water partition coefficient (Wildman–Crippen LogP) is 5.17. The van der Waals surface area contributed by atoms with Crippen molar-refractivity contribution in [3.05, 3.63) is 0 Å². The van der Waals surface area contributed by atoms with Crippen LogP contribution in [0.1, 0.15) is 110 Å². The minimum absolute atomic E-state index is 0.360. The molecule has 0 rings (SSSR count). The molecule has 1 unspecified atom stereocenters. The normalized spacial score (nSPS) is 12.9. The van der Waals surface area contributed by atoms with Crippen LogP contribution in [0, 0.1) is 5.92 Å². The van der Waals surface area contributed by atoms with Crippen molar-refractivity contribution in [3.8, 4) is 0 Å². The van der Waals surface area contributed by atoms with Gasteiger partial charge in [-0.15, -0.1) is 0 Å². The Balaban J connectivity index is 3.30. The summed E-state index contributed by atoms with van der Waals surface area (Å²) in [5.41, 5.74) is 0. The van der Waals surface area contributed by atoms with Crippen molar-refractivity contribution in [2.45, 2.75) is 116 Å². The van der Waals surface area contributed by atoms with Gasteiger partial charge in [0.05, 0.1) is 0 Å². The van der Waals surface area contributed by atoms with Gasteiger partial charge in [0.2, 0.25) is 0 Å². The molecule has 0 aromatic carbocycles. The van der Waals surface area contributed by atoms with E-state index in [1.807, 2.05) is 0 Å². The Kier molecular flexibility index (Phi) is 18.1. The molecule has 0 saturated heterocycles. The van der Waals surface area contributed by atoms with E-state index in [2.05, 4.69) is 6.92 Å². The van der Waals surface area contributed by atoms with Gasteiger partial charge in [-0.05, 0) is 31.6 Å². The molecule has 3 N–H and O–H groups in total. The third-order valence-electron chi connectivity index (χ3n) is 4.80. The number of aliphatic hydroxyl groups excluding tert-OH is 2. The zero-order chi connectivity index (χ0) is 17.2. The molecular formula is C20H42O3. The van der Waals surface area contributed by atoms with E-state index in [1.54, 1.807) is 0 Å². The van der Waals surface area contributed by atoms with Crippen LogP contribution in [-0.4, -0.2) is 28.2 Å². The van der Waals surface area contributed by atoms with Crippen LogP contribution in [0.4, 0.5) is 0 Å². The second kappa shape index (κ2) is 18.2. The summed E-state index contributed by atoms with van der Waals surface area (Å²) in [6.45, 7) is 2.61. The summed E-state index contributed by atoms with van der Waals surface area (Å²) in [5.74, 6) is 0.521. The molecule has 0 saturated carbocycles. The Morgan fingerprint density at radius 2 is 0.957 bits per heavy atom. The third kappa shape index (κ3) is 18.1. The Hall–Kier alpha value is -0.120. The molecule has 0 amide bonds. The fourth-order valence-electron chi connectivity index (χ4n) is 3.18. The second-order valence-electron chi connectivity index (χ2n) is 7.14. The summed E-state index contributed by atoms with van der Waals surface area (Å²) in [4.78, 5) is 0. The lowest BCUT2D eigenvalue weighted by molar-refractivity contribution is -0.0466. The number of hydrogen-bond donors (Lipinski definition) is 3. The monoisotopic (exact) mass is 330 g/mol. The van der Waals surface area contributed by atoms with Gasteiger partial charge in [-0.2, -0.15) is 0 Å². The molecule has 0 aliphatic carbocycles. The molecule has 0 spiro atoms. The SMILES string of the molecule is CCCCCCCCC(CO)CCCCCCCCCC(O)O. The fourth-order valence-corrected chi connectivity index (χ4v) is 3.18. The lowest BCUT2D eigenvalue weighted by Crippen LogP contribution is -2.06. The zero-order valence-electron chi connectivity index (χ0n) is 15.5. The molecule has 0 heterocycles. The van der Waals surface area contributed by atoms with E-state index in [1.165, 1.54) is 83.5 Å². The largest absolute Gasteiger partial charge is 0.396 e. The van der Waals surface area contributed by atoms with Gasteiger partial charge in [-0.3, -0.25) is 0 Å². The van der Waals surface area contributed by atoms with Crippen molar-refractivity contribution in [2.24, 2.45) is 5.92 Å². The number of hydrogen-bond acceptors (Lipinski definition) is 3. The van der Waals surface area contributed by atoms with Gasteiger partial charge in [0.15, 0.2) is 6.29 Å². The van der Waals surface area contributed by atoms with Crippen molar-refractivity contribution < 1.29 is 15.3 Å². The van der Waals surface area contributed by atoms with E-state index in [9.17, 15) is 5.11 Å². The maximum Gasteiger partial charge on any atom is 0.151 e. The highest BCUT2D eigenvalue weighted by atomic mass is 16.5. The van der Waals surface area contributed by atoms with Gasteiger partial charge in [-0.25, -0.2) is 0 Å². The average Bonchev–Trinajstić information content (AvgIpc) is 2.54. The highest BCUT2D eigenvalue weighted by Gasteiger charge is 2.06. The van der Waals surface area contributed by atoms with E-state index in [0.717, 1.165) is 12.8 Å². The van der Waals surface area contributed by atoms with Gasteiger partial charge in [0, 0.05) is 6.61 Å². The molecule has 0 fully saturated rings. The topological polar surface area (TPSA) is 60.7 Å². The molecular weight excluding hydrogens is 288 g/mol. The Bertz CT molecular complexity index is 219. The molecule has 0 aromatic heterocycles. The summed E-state index contributed by atoms with van der Waals surface area (Å²) >= 11 is 0. The van der Waals surface area contributed by atoms with Crippen LogP contribution in [0.5, 0.6) is 0 Å². The lowest BCUT2D eigenvalue weighted by atomic mass is 9.95. The number of unbranched alkanes of at least 4 members (excludes halogenated alkanes) is 11. The maximum atomic E-state index is 9.47. The maximum absolute atomic E-state index is 9.47. The van der Waals surface area contributed by atoms with Crippen LogP contribution in [0.15, 0.2) is 0 Å². The van der Waals surface area contributed by atoms with Crippen LogP contribution in [-0.2, 0) is 0 Å². The Labute approximate surface area is 144 Å². The summed E-state index contributed by atoms with van der Waals surface area (Å²) < 4.78 is 0. The first-order valence-electron chi connectivity index (χ1n) is 10.2. The van der Waals surface area contributed by atoms with E-state index in [-0.39, 0.29) is 0 Å². The van der Waals surface area contributed by atoms with Crippen LogP contribution >= 0.6 is 0 Å². The molecule has 3 nitrogen and oxygen atoms in total. The first kappa shape index (κ1) is 22.9. The zero-order valence-corrected chi connectivity index (χ0v) is 15.5. The average molecular weight is 331 g/mol. The smallest absolute Gasteiger partial charge is 0.151 e. The van der Waals surface area contributed by atoms with Crippen molar-refractivity contribution in [1.29, 1.82) is 0 Å². The van der Waals surface area contributed by atoms with Gasteiger partial charge < -0.3 is 15.3 Å². The molecule has 3 heteroatoms. The van der Waals surface area contributed by atoms with Gasteiger partial charge in [0.25, 0.3) is 0 Å². The van der Waals surface area contributed by atoms with Gasteiger partial charge in [0.1, 0.15) is 0 Å². The summed E-state index contributed by atoms with van der Waals surface area (Å²) in [7, 11) is 0. The van der Waals surface area contributed by atoms with Crippen LogP contribution in [0.2, 0.25) is 0 Å². The molecule has 140 valence electrons. The summed E-state index contributed by atoms with van der Waals surface area (Å²) in [5, 5.41) is 27.0. The van der Waals surface area contributed by atoms with E-state index in [4.69, 9.17) is 10.2 Å². The number of aliphatic hydroxyl groups is 3. The molecule has 0 aliphatic heterocycles. The Morgan fingerprint density at radius 1 is 0.565 bits per heavy atom. The minimum atomic E-state index is -1.13. The highest BCUT2D eigenvalue weighted by Crippen LogP contribution is 2.19. The van der Waals surface area contributed by atoms with E-state index >= 15 is 0 Å². The van der Waals surface area contributed by atoms with Crippen molar-refractivity contribution in [3.63, 3.8) is 0 Å². The van der Waals surface area contributed by atoms with Crippen molar-refractivity contribution >= 4 is 0 Å². The Morgan fingerprint density at radius 3 is 1.35 bits per heavy atom. The van der Waals surface area contributed by atoms with Crippen LogP contribution in [0.3, 0.4) is 0 Å². The number of rotatable bonds is 18. The minimum Gasteiger partial charge on any atom is -0.396 e.